The van der Waals surface area contributed by atoms with Gasteiger partial charge in [0.2, 0.25) is 11.8 Å². The minimum Gasteiger partial charge on any atom is -0.490 e. The molecule has 3 rings (SSSR count). The van der Waals surface area contributed by atoms with Gasteiger partial charge in [0.05, 0.1) is 18.2 Å². The van der Waals surface area contributed by atoms with Crippen LogP contribution in [0.5, 0.6) is 5.75 Å². The van der Waals surface area contributed by atoms with E-state index in [2.05, 4.69) is 32.7 Å². The van der Waals surface area contributed by atoms with Crippen molar-refractivity contribution in [2.24, 2.45) is 0 Å². The molecule has 0 aliphatic rings. The molecule has 0 unspecified atom stereocenters. The van der Waals surface area contributed by atoms with Crippen molar-refractivity contribution in [3.8, 4) is 5.75 Å². The molecule has 0 saturated carbocycles. The van der Waals surface area contributed by atoms with Gasteiger partial charge in [-0.15, -0.1) is 23.1 Å². The van der Waals surface area contributed by atoms with Crippen LogP contribution in [0.25, 0.3) is 0 Å². The number of thioether (sulfide) groups is 1. The summed E-state index contributed by atoms with van der Waals surface area (Å²) in [5, 5.41) is 6.92. The van der Waals surface area contributed by atoms with Crippen molar-refractivity contribution in [2.45, 2.75) is 44.7 Å². The van der Waals surface area contributed by atoms with Crippen LogP contribution in [0.3, 0.4) is 0 Å². The SMILES string of the molecule is CC(=O)NCCSc1cc(O[C@@H](C)Cc2ccccc2)cc(CC(=O)Nc2ncc(C)s2)n1. The summed E-state index contributed by atoms with van der Waals surface area (Å²) in [5.74, 6) is 1.09. The van der Waals surface area contributed by atoms with Gasteiger partial charge < -0.3 is 15.4 Å². The number of rotatable bonds is 11. The topological polar surface area (TPSA) is 93.2 Å². The van der Waals surface area contributed by atoms with Gasteiger partial charge in [-0.05, 0) is 19.4 Å². The maximum Gasteiger partial charge on any atom is 0.232 e. The Balaban J connectivity index is 1.69. The molecule has 33 heavy (non-hydrogen) atoms. The predicted molar refractivity (Wildman–Crippen MR) is 133 cm³/mol. The maximum absolute atomic E-state index is 12.5. The summed E-state index contributed by atoms with van der Waals surface area (Å²) >= 11 is 2.94. The number of ether oxygens (including phenoxy) is 1. The quantitative estimate of drug-likeness (QED) is 0.312. The van der Waals surface area contributed by atoms with Crippen molar-refractivity contribution in [1.82, 2.24) is 15.3 Å². The number of pyridine rings is 1. The highest BCUT2D eigenvalue weighted by Gasteiger charge is 2.13. The van der Waals surface area contributed by atoms with Crippen LogP contribution >= 0.6 is 23.1 Å². The first kappa shape index (κ1) is 24.7. The Morgan fingerprint density at radius 2 is 2.00 bits per heavy atom. The van der Waals surface area contributed by atoms with E-state index in [0.717, 1.165) is 16.3 Å². The fraction of sp³-hybridized carbons (Fsp3) is 0.333. The van der Waals surface area contributed by atoms with Crippen molar-refractivity contribution in [3.63, 3.8) is 0 Å². The van der Waals surface area contributed by atoms with E-state index in [9.17, 15) is 9.59 Å². The van der Waals surface area contributed by atoms with Crippen LogP contribution in [0.1, 0.15) is 30.0 Å². The van der Waals surface area contributed by atoms with Crippen LogP contribution < -0.4 is 15.4 Å². The third kappa shape index (κ3) is 8.86. The summed E-state index contributed by atoms with van der Waals surface area (Å²) in [6, 6.07) is 13.9. The largest absolute Gasteiger partial charge is 0.490 e. The highest BCUT2D eigenvalue weighted by Crippen LogP contribution is 2.24. The summed E-state index contributed by atoms with van der Waals surface area (Å²) in [5.41, 5.74) is 1.81. The van der Waals surface area contributed by atoms with Crippen LogP contribution in [0, 0.1) is 6.92 Å². The minimum atomic E-state index is -0.180. The fourth-order valence-electron chi connectivity index (χ4n) is 3.11. The number of amides is 2. The zero-order valence-corrected chi connectivity index (χ0v) is 20.6. The molecule has 2 N–H and O–H groups in total. The molecule has 7 nitrogen and oxygen atoms in total. The zero-order chi connectivity index (χ0) is 23.6. The molecular formula is C24H28N4O3S2. The van der Waals surface area contributed by atoms with Crippen LogP contribution in [-0.2, 0) is 22.4 Å². The van der Waals surface area contributed by atoms with Gasteiger partial charge in [-0.3, -0.25) is 9.59 Å². The highest BCUT2D eigenvalue weighted by atomic mass is 32.2. The molecule has 0 saturated heterocycles. The van der Waals surface area contributed by atoms with Gasteiger partial charge in [0.25, 0.3) is 0 Å². The van der Waals surface area contributed by atoms with Gasteiger partial charge in [-0.1, -0.05) is 30.3 Å². The Hall–Kier alpha value is -2.91. The fourth-order valence-corrected chi connectivity index (χ4v) is 4.58. The second-order valence-corrected chi connectivity index (χ2v) is 9.93. The van der Waals surface area contributed by atoms with Gasteiger partial charge in [-0.25, -0.2) is 9.97 Å². The number of nitrogens with zero attached hydrogens (tertiary/aromatic N) is 2. The van der Waals surface area contributed by atoms with Gasteiger partial charge in [0.15, 0.2) is 5.13 Å². The molecule has 3 aromatic rings. The number of aryl methyl sites for hydroxylation is 1. The maximum atomic E-state index is 12.5. The lowest BCUT2D eigenvalue weighted by molar-refractivity contribution is -0.119. The number of benzene rings is 1. The van der Waals surface area contributed by atoms with Gasteiger partial charge in [0.1, 0.15) is 10.8 Å². The first-order valence-electron chi connectivity index (χ1n) is 10.7. The highest BCUT2D eigenvalue weighted by molar-refractivity contribution is 7.99. The standard InChI is InChI=1S/C24H28N4O3S2/c1-16(11-19-7-5-4-6-8-19)31-21-12-20(13-22(30)28-24-26-15-17(2)33-24)27-23(14-21)32-10-9-25-18(3)29/h4-8,12,14-16H,9-11,13H2,1-3H3,(H,25,29)(H,26,28,30)/t16-/m0/s1. The molecule has 2 amide bonds. The monoisotopic (exact) mass is 484 g/mol. The zero-order valence-electron chi connectivity index (χ0n) is 19.0. The Bertz CT molecular complexity index is 1070. The molecule has 0 aliphatic heterocycles. The van der Waals surface area contributed by atoms with E-state index in [-0.39, 0.29) is 24.3 Å². The number of thiazole rings is 1. The van der Waals surface area contributed by atoms with Crippen LogP contribution in [0.15, 0.2) is 53.7 Å². The van der Waals surface area contributed by atoms with Crippen LogP contribution in [0.4, 0.5) is 5.13 Å². The molecule has 2 aromatic heterocycles. The van der Waals surface area contributed by atoms with Crippen molar-refractivity contribution in [1.29, 1.82) is 0 Å². The average molecular weight is 485 g/mol. The number of hydrogen-bond donors (Lipinski definition) is 2. The predicted octanol–water partition coefficient (Wildman–Crippen LogP) is 4.27. The number of carbonyl (C=O) groups is 2. The first-order chi connectivity index (χ1) is 15.9. The number of carbonyl (C=O) groups excluding carboxylic acids is 2. The summed E-state index contributed by atoms with van der Waals surface area (Å²) in [6.07, 6.45) is 2.56. The summed E-state index contributed by atoms with van der Waals surface area (Å²) < 4.78 is 6.18. The third-order valence-electron chi connectivity index (χ3n) is 4.47. The van der Waals surface area contributed by atoms with Gasteiger partial charge in [0, 0.05) is 48.8 Å². The molecule has 1 aromatic carbocycles. The second-order valence-electron chi connectivity index (χ2n) is 7.58. The Morgan fingerprint density at radius 3 is 2.70 bits per heavy atom. The summed E-state index contributed by atoms with van der Waals surface area (Å²) in [4.78, 5) is 33.5. The average Bonchev–Trinajstić information content (AvgIpc) is 3.16. The number of nitrogens with one attached hydrogen (secondary N) is 2. The number of anilines is 1. The van der Waals surface area contributed by atoms with Crippen molar-refractivity contribution >= 4 is 40.0 Å². The molecule has 2 heterocycles. The van der Waals surface area contributed by atoms with E-state index in [0.29, 0.717) is 28.9 Å². The number of aromatic nitrogens is 2. The van der Waals surface area contributed by atoms with E-state index in [1.165, 1.54) is 35.6 Å². The van der Waals surface area contributed by atoms with E-state index in [1.807, 2.05) is 44.2 Å². The molecule has 1 atom stereocenters. The molecule has 174 valence electrons. The number of hydrogen-bond acceptors (Lipinski definition) is 7. The van der Waals surface area contributed by atoms with Gasteiger partial charge >= 0.3 is 0 Å². The molecule has 0 aliphatic carbocycles. The molecule has 0 fully saturated rings. The molecule has 0 spiro atoms. The Morgan fingerprint density at radius 1 is 1.21 bits per heavy atom. The second kappa shape index (κ2) is 12.4. The van der Waals surface area contributed by atoms with E-state index in [1.54, 1.807) is 6.20 Å². The van der Waals surface area contributed by atoms with Crippen LogP contribution in [0.2, 0.25) is 0 Å². The summed E-state index contributed by atoms with van der Waals surface area (Å²) in [7, 11) is 0. The van der Waals surface area contributed by atoms with Crippen molar-refractivity contribution in [2.75, 3.05) is 17.6 Å². The summed E-state index contributed by atoms with van der Waals surface area (Å²) in [6.45, 7) is 5.99. The van der Waals surface area contributed by atoms with Crippen LogP contribution in [-0.4, -0.2) is 40.2 Å². The molecule has 0 bridgehead atoms. The van der Waals surface area contributed by atoms with Crippen molar-refractivity contribution < 1.29 is 14.3 Å². The Labute approximate surface area is 202 Å². The Kier molecular flexibility index (Phi) is 9.26. The van der Waals surface area contributed by atoms with Crippen molar-refractivity contribution in [3.05, 3.63) is 64.8 Å². The first-order valence-corrected chi connectivity index (χ1v) is 12.5. The third-order valence-corrected chi connectivity index (χ3v) is 6.21. The van der Waals surface area contributed by atoms with Gasteiger partial charge in [-0.2, -0.15) is 0 Å². The minimum absolute atomic E-state index is 0.0491. The molecule has 9 heteroatoms. The van der Waals surface area contributed by atoms with E-state index < -0.39 is 0 Å². The lowest BCUT2D eigenvalue weighted by atomic mass is 10.1. The van der Waals surface area contributed by atoms with E-state index >= 15 is 0 Å². The van der Waals surface area contributed by atoms with E-state index in [4.69, 9.17) is 4.74 Å². The molecule has 0 radical (unpaired) electrons. The normalized spacial score (nSPS) is 11.6. The molecular weight excluding hydrogens is 456 g/mol. The lowest BCUT2D eigenvalue weighted by Gasteiger charge is -2.16. The smallest absolute Gasteiger partial charge is 0.232 e. The lowest BCUT2D eigenvalue weighted by Crippen LogP contribution is -2.22.